The molecule has 6 N–H and O–H groups in total. The van der Waals surface area contributed by atoms with Gasteiger partial charge in [-0.15, -0.1) is 0 Å². The van der Waals surface area contributed by atoms with Gasteiger partial charge >= 0.3 is 0 Å². The van der Waals surface area contributed by atoms with Gasteiger partial charge in [0.05, 0.1) is 13.2 Å². The van der Waals surface area contributed by atoms with Crippen molar-refractivity contribution < 1.29 is 4.74 Å². The summed E-state index contributed by atoms with van der Waals surface area (Å²) < 4.78 is 5.21. The molecule has 0 spiro atoms. The van der Waals surface area contributed by atoms with Gasteiger partial charge in [0.2, 0.25) is 0 Å². The van der Waals surface area contributed by atoms with Crippen LogP contribution in [0, 0.1) is 0 Å². The SMILES string of the molecule is NCCCN.NCCCN1CCOCC1. The molecule has 1 fully saturated rings. The van der Waals surface area contributed by atoms with E-state index in [-0.39, 0.29) is 0 Å². The van der Waals surface area contributed by atoms with Gasteiger partial charge in [0, 0.05) is 13.1 Å². The Morgan fingerprint density at radius 3 is 1.80 bits per heavy atom. The molecule has 5 heteroatoms. The van der Waals surface area contributed by atoms with Crippen LogP contribution in [0.1, 0.15) is 12.8 Å². The Balaban J connectivity index is 0.000000336. The van der Waals surface area contributed by atoms with E-state index >= 15 is 0 Å². The molecule has 0 radical (unpaired) electrons. The number of morpholine rings is 1. The molecule has 1 saturated heterocycles. The third kappa shape index (κ3) is 10.1. The lowest BCUT2D eigenvalue weighted by atomic mass is 10.3. The molecule has 0 aromatic rings. The van der Waals surface area contributed by atoms with Gasteiger partial charge in [0.1, 0.15) is 0 Å². The van der Waals surface area contributed by atoms with Crippen LogP contribution < -0.4 is 17.2 Å². The summed E-state index contributed by atoms with van der Waals surface area (Å²) in [6, 6.07) is 0. The predicted octanol–water partition coefficient (Wildman–Crippen LogP) is -1.04. The van der Waals surface area contributed by atoms with Crippen LogP contribution in [-0.4, -0.2) is 57.4 Å². The first kappa shape index (κ1) is 14.8. The van der Waals surface area contributed by atoms with Gasteiger partial charge in [0.15, 0.2) is 0 Å². The maximum Gasteiger partial charge on any atom is 0.0594 e. The molecule has 0 saturated carbocycles. The van der Waals surface area contributed by atoms with E-state index in [0.29, 0.717) is 0 Å². The summed E-state index contributed by atoms with van der Waals surface area (Å²) in [5.41, 5.74) is 15.5. The quantitative estimate of drug-likeness (QED) is 0.548. The Hall–Kier alpha value is -0.200. The fraction of sp³-hybridized carbons (Fsp3) is 1.00. The van der Waals surface area contributed by atoms with Crippen molar-refractivity contribution in [1.29, 1.82) is 0 Å². The molecule has 1 aliphatic rings. The van der Waals surface area contributed by atoms with Crippen LogP contribution in [0.2, 0.25) is 0 Å². The topological polar surface area (TPSA) is 90.5 Å². The van der Waals surface area contributed by atoms with E-state index in [9.17, 15) is 0 Å². The van der Waals surface area contributed by atoms with E-state index in [4.69, 9.17) is 21.9 Å². The average molecular weight is 218 g/mol. The van der Waals surface area contributed by atoms with Crippen LogP contribution >= 0.6 is 0 Å². The van der Waals surface area contributed by atoms with E-state index < -0.39 is 0 Å². The fourth-order valence-electron chi connectivity index (χ4n) is 1.26. The van der Waals surface area contributed by atoms with Crippen molar-refractivity contribution in [3.05, 3.63) is 0 Å². The third-order valence-electron chi connectivity index (χ3n) is 2.19. The van der Waals surface area contributed by atoms with E-state index in [0.717, 1.165) is 65.3 Å². The highest BCUT2D eigenvalue weighted by Crippen LogP contribution is 1.96. The normalized spacial score (nSPS) is 17.0. The highest BCUT2D eigenvalue weighted by molar-refractivity contribution is 4.61. The summed E-state index contributed by atoms with van der Waals surface area (Å²) in [4.78, 5) is 2.40. The number of hydrogen-bond donors (Lipinski definition) is 3. The summed E-state index contributed by atoms with van der Waals surface area (Å²) in [6.45, 7) is 7.33. The van der Waals surface area contributed by atoms with Crippen LogP contribution in [0.25, 0.3) is 0 Å². The molecule has 5 nitrogen and oxygen atoms in total. The zero-order chi connectivity index (χ0) is 11.4. The van der Waals surface area contributed by atoms with Crippen LogP contribution in [-0.2, 0) is 4.74 Å². The molecule has 92 valence electrons. The number of nitrogens with zero attached hydrogens (tertiary/aromatic N) is 1. The summed E-state index contributed by atoms with van der Waals surface area (Å²) in [5.74, 6) is 0. The lowest BCUT2D eigenvalue weighted by Gasteiger charge is -2.26. The molecule has 15 heavy (non-hydrogen) atoms. The summed E-state index contributed by atoms with van der Waals surface area (Å²) in [5, 5.41) is 0. The Morgan fingerprint density at radius 1 is 0.867 bits per heavy atom. The second kappa shape index (κ2) is 11.9. The standard InChI is InChI=1S/C7H16N2O.C3H10N2/c8-2-1-3-9-4-6-10-7-5-9;4-2-1-3-5/h1-8H2;1-5H2. The molecule has 0 aliphatic carbocycles. The Kier molecular flexibility index (Phi) is 11.7. The minimum absolute atomic E-state index is 0.719. The van der Waals surface area contributed by atoms with Gasteiger partial charge < -0.3 is 21.9 Å². The van der Waals surface area contributed by atoms with Crippen LogP contribution in [0.3, 0.4) is 0 Å². The molecular formula is C10H26N4O. The minimum atomic E-state index is 0.719. The Bertz CT molecular complexity index is 116. The predicted molar refractivity (Wildman–Crippen MR) is 63.7 cm³/mol. The number of ether oxygens (including phenoxy) is 1. The monoisotopic (exact) mass is 218 g/mol. The maximum atomic E-state index is 5.39. The summed E-state index contributed by atoms with van der Waals surface area (Å²) in [6.07, 6.45) is 2.06. The first-order valence-corrected chi connectivity index (χ1v) is 5.75. The lowest BCUT2D eigenvalue weighted by molar-refractivity contribution is 0.0377. The average Bonchev–Trinajstić information content (AvgIpc) is 2.30. The highest BCUT2D eigenvalue weighted by atomic mass is 16.5. The second-order valence-electron chi connectivity index (χ2n) is 3.53. The van der Waals surface area contributed by atoms with Crippen LogP contribution in [0.15, 0.2) is 0 Å². The fourth-order valence-corrected chi connectivity index (χ4v) is 1.26. The third-order valence-corrected chi connectivity index (χ3v) is 2.19. The van der Waals surface area contributed by atoms with Crippen molar-refractivity contribution >= 4 is 0 Å². The molecule has 0 bridgehead atoms. The first-order valence-electron chi connectivity index (χ1n) is 5.75. The minimum Gasteiger partial charge on any atom is -0.379 e. The van der Waals surface area contributed by atoms with Crippen LogP contribution in [0.4, 0.5) is 0 Å². The number of rotatable bonds is 5. The van der Waals surface area contributed by atoms with Gasteiger partial charge in [0.25, 0.3) is 0 Å². The van der Waals surface area contributed by atoms with E-state index in [1.54, 1.807) is 0 Å². The van der Waals surface area contributed by atoms with Crippen molar-refractivity contribution in [3.8, 4) is 0 Å². The smallest absolute Gasteiger partial charge is 0.0594 e. The van der Waals surface area contributed by atoms with Crippen molar-refractivity contribution in [2.75, 3.05) is 52.5 Å². The van der Waals surface area contributed by atoms with Crippen molar-refractivity contribution in [2.45, 2.75) is 12.8 Å². The van der Waals surface area contributed by atoms with E-state index in [1.165, 1.54) is 0 Å². The summed E-state index contributed by atoms with van der Waals surface area (Å²) >= 11 is 0. The second-order valence-corrected chi connectivity index (χ2v) is 3.53. The molecule has 1 rings (SSSR count). The number of nitrogens with two attached hydrogens (primary N) is 3. The molecule has 0 amide bonds. The van der Waals surface area contributed by atoms with Gasteiger partial charge in [-0.3, -0.25) is 4.90 Å². The molecule has 0 atom stereocenters. The van der Waals surface area contributed by atoms with Gasteiger partial charge in [-0.1, -0.05) is 0 Å². The van der Waals surface area contributed by atoms with Crippen LogP contribution in [0.5, 0.6) is 0 Å². The molecule has 0 aromatic carbocycles. The van der Waals surface area contributed by atoms with Gasteiger partial charge in [-0.25, -0.2) is 0 Å². The Morgan fingerprint density at radius 2 is 1.40 bits per heavy atom. The van der Waals surface area contributed by atoms with E-state index in [1.807, 2.05) is 0 Å². The van der Waals surface area contributed by atoms with Gasteiger partial charge in [-0.2, -0.15) is 0 Å². The lowest BCUT2D eigenvalue weighted by Crippen LogP contribution is -2.37. The number of hydrogen-bond acceptors (Lipinski definition) is 5. The van der Waals surface area contributed by atoms with Gasteiger partial charge in [-0.05, 0) is 39.0 Å². The largest absolute Gasteiger partial charge is 0.379 e. The van der Waals surface area contributed by atoms with Crippen molar-refractivity contribution in [3.63, 3.8) is 0 Å². The van der Waals surface area contributed by atoms with Crippen molar-refractivity contribution in [1.82, 2.24) is 4.90 Å². The molecule has 1 heterocycles. The zero-order valence-electron chi connectivity index (χ0n) is 9.66. The zero-order valence-corrected chi connectivity index (χ0v) is 9.66. The molecule has 1 aliphatic heterocycles. The Labute approximate surface area is 92.9 Å². The maximum absolute atomic E-state index is 5.39. The highest BCUT2D eigenvalue weighted by Gasteiger charge is 2.07. The molecule has 0 unspecified atom stereocenters. The molecular weight excluding hydrogens is 192 g/mol. The first-order chi connectivity index (χ1) is 7.35. The van der Waals surface area contributed by atoms with Crippen molar-refractivity contribution in [2.24, 2.45) is 17.2 Å². The molecule has 0 aromatic heterocycles. The van der Waals surface area contributed by atoms with E-state index in [2.05, 4.69) is 4.90 Å². The summed E-state index contributed by atoms with van der Waals surface area (Å²) in [7, 11) is 0.